The summed E-state index contributed by atoms with van der Waals surface area (Å²) in [5.41, 5.74) is 3.26. The van der Waals surface area contributed by atoms with Crippen molar-refractivity contribution in [1.29, 1.82) is 0 Å². The molecular weight excluding hydrogens is 330 g/mol. The summed E-state index contributed by atoms with van der Waals surface area (Å²) < 4.78 is 2.02. The van der Waals surface area contributed by atoms with Gasteiger partial charge in [-0.05, 0) is 18.1 Å². The third-order valence-corrected chi connectivity index (χ3v) is 5.07. The van der Waals surface area contributed by atoms with Gasteiger partial charge in [0, 0.05) is 7.05 Å². The van der Waals surface area contributed by atoms with Crippen LogP contribution in [0, 0.1) is 0 Å². The molecule has 0 radical (unpaired) electrons. The lowest BCUT2D eigenvalue weighted by molar-refractivity contribution is -0.119. The van der Waals surface area contributed by atoms with Gasteiger partial charge in [-0.3, -0.25) is 4.79 Å². The van der Waals surface area contributed by atoms with Crippen molar-refractivity contribution in [2.75, 3.05) is 5.75 Å². The van der Waals surface area contributed by atoms with Crippen molar-refractivity contribution >= 4 is 17.7 Å². The van der Waals surface area contributed by atoms with Crippen LogP contribution < -0.4 is 5.32 Å². The zero-order valence-electron chi connectivity index (χ0n) is 14.3. The summed E-state index contributed by atoms with van der Waals surface area (Å²) in [6.45, 7) is 1.99. The van der Waals surface area contributed by atoms with E-state index in [1.54, 1.807) is 0 Å². The minimum atomic E-state index is -0.00412. The summed E-state index contributed by atoms with van der Waals surface area (Å²) in [5, 5.41) is 3.86. The van der Waals surface area contributed by atoms with Crippen molar-refractivity contribution in [2.24, 2.45) is 7.05 Å². The summed E-state index contributed by atoms with van der Waals surface area (Å²) in [6.07, 6.45) is 1.85. The van der Waals surface area contributed by atoms with Crippen molar-refractivity contribution in [3.05, 3.63) is 72.4 Å². The van der Waals surface area contributed by atoms with Crippen LogP contribution in [0.25, 0.3) is 11.3 Å². The molecule has 1 atom stereocenters. The van der Waals surface area contributed by atoms with Gasteiger partial charge in [0.15, 0.2) is 5.16 Å². The minimum Gasteiger partial charge on any atom is -0.349 e. The predicted octanol–water partition coefficient (Wildman–Crippen LogP) is 4.06. The van der Waals surface area contributed by atoms with Gasteiger partial charge in [-0.1, -0.05) is 72.4 Å². The molecular formula is C20H21N3OS. The quantitative estimate of drug-likeness (QED) is 0.681. The molecule has 2 aromatic carbocycles. The van der Waals surface area contributed by atoms with Crippen LogP contribution in [0.2, 0.25) is 0 Å². The maximum atomic E-state index is 12.2. The molecule has 0 aliphatic rings. The molecule has 1 heterocycles. The van der Waals surface area contributed by atoms with Crippen LogP contribution in [0.15, 0.2) is 72.0 Å². The first-order chi connectivity index (χ1) is 12.1. The van der Waals surface area contributed by atoms with Gasteiger partial charge < -0.3 is 9.88 Å². The highest BCUT2D eigenvalue weighted by Gasteiger charge is 2.13. The average Bonchev–Trinajstić information content (AvgIpc) is 3.02. The molecule has 1 aromatic heterocycles. The molecule has 1 N–H and O–H groups in total. The Kier molecular flexibility index (Phi) is 5.56. The molecule has 0 spiro atoms. The van der Waals surface area contributed by atoms with Crippen LogP contribution in [0.3, 0.4) is 0 Å². The van der Waals surface area contributed by atoms with Gasteiger partial charge in [0.2, 0.25) is 5.91 Å². The molecule has 4 nitrogen and oxygen atoms in total. The number of amides is 1. The number of carbonyl (C=O) groups excluding carboxylic acids is 1. The smallest absolute Gasteiger partial charge is 0.230 e. The van der Waals surface area contributed by atoms with Gasteiger partial charge >= 0.3 is 0 Å². The number of imidazole rings is 1. The second-order valence-electron chi connectivity index (χ2n) is 5.84. The van der Waals surface area contributed by atoms with Gasteiger partial charge in [-0.25, -0.2) is 4.98 Å². The van der Waals surface area contributed by atoms with Crippen LogP contribution in [0.5, 0.6) is 0 Å². The molecule has 1 amide bonds. The molecule has 0 bridgehead atoms. The molecule has 5 heteroatoms. The Balaban J connectivity index is 1.59. The van der Waals surface area contributed by atoms with Gasteiger partial charge in [-0.2, -0.15) is 0 Å². The maximum absolute atomic E-state index is 12.2. The first-order valence-electron chi connectivity index (χ1n) is 8.19. The topological polar surface area (TPSA) is 46.9 Å². The fraction of sp³-hybridized carbons (Fsp3) is 0.200. The molecule has 0 aliphatic heterocycles. The number of benzene rings is 2. The average molecular weight is 351 g/mol. The van der Waals surface area contributed by atoms with E-state index in [0.29, 0.717) is 5.75 Å². The first-order valence-corrected chi connectivity index (χ1v) is 9.18. The Labute approximate surface area is 152 Å². The zero-order chi connectivity index (χ0) is 17.6. The molecule has 25 heavy (non-hydrogen) atoms. The van der Waals surface area contributed by atoms with Crippen molar-refractivity contribution in [2.45, 2.75) is 18.1 Å². The second kappa shape index (κ2) is 8.03. The monoisotopic (exact) mass is 351 g/mol. The molecule has 1 unspecified atom stereocenters. The van der Waals surface area contributed by atoms with Gasteiger partial charge in [0.05, 0.1) is 23.7 Å². The fourth-order valence-electron chi connectivity index (χ4n) is 2.64. The lowest BCUT2D eigenvalue weighted by Gasteiger charge is -2.14. The Hall–Kier alpha value is -2.53. The molecule has 0 saturated carbocycles. The van der Waals surface area contributed by atoms with Gasteiger partial charge in [0.1, 0.15) is 0 Å². The van der Waals surface area contributed by atoms with E-state index in [4.69, 9.17) is 0 Å². The maximum Gasteiger partial charge on any atom is 0.230 e. The van der Waals surface area contributed by atoms with E-state index >= 15 is 0 Å². The van der Waals surface area contributed by atoms with E-state index in [1.807, 2.05) is 73.3 Å². The summed E-state index contributed by atoms with van der Waals surface area (Å²) in [4.78, 5) is 16.7. The van der Waals surface area contributed by atoms with E-state index in [2.05, 4.69) is 22.4 Å². The number of nitrogens with zero attached hydrogens (tertiary/aromatic N) is 2. The summed E-state index contributed by atoms with van der Waals surface area (Å²) >= 11 is 1.45. The Morgan fingerprint density at radius 2 is 1.76 bits per heavy atom. The lowest BCUT2D eigenvalue weighted by Crippen LogP contribution is -2.28. The highest BCUT2D eigenvalue weighted by molar-refractivity contribution is 7.99. The van der Waals surface area contributed by atoms with E-state index in [0.717, 1.165) is 22.0 Å². The van der Waals surface area contributed by atoms with Crippen LogP contribution >= 0.6 is 11.8 Å². The lowest BCUT2D eigenvalue weighted by atomic mass is 10.1. The number of aromatic nitrogens is 2. The number of hydrogen-bond donors (Lipinski definition) is 1. The van der Waals surface area contributed by atoms with Gasteiger partial charge in [-0.15, -0.1) is 0 Å². The summed E-state index contributed by atoms with van der Waals surface area (Å²) in [6, 6.07) is 20.1. The van der Waals surface area contributed by atoms with Crippen LogP contribution in [-0.4, -0.2) is 21.2 Å². The Bertz CT molecular complexity index is 831. The van der Waals surface area contributed by atoms with Crippen molar-refractivity contribution in [3.8, 4) is 11.3 Å². The Morgan fingerprint density at radius 3 is 2.44 bits per heavy atom. The Morgan fingerprint density at radius 1 is 1.12 bits per heavy atom. The minimum absolute atomic E-state index is 0.00412. The second-order valence-corrected chi connectivity index (χ2v) is 6.78. The van der Waals surface area contributed by atoms with Crippen LogP contribution in [0.1, 0.15) is 18.5 Å². The SMILES string of the molecule is CC(NC(=O)CSc1ncc(-c2ccccc2)n1C)c1ccccc1. The van der Waals surface area contributed by atoms with E-state index < -0.39 is 0 Å². The van der Waals surface area contributed by atoms with Gasteiger partial charge in [0.25, 0.3) is 0 Å². The molecule has 3 aromatic rings. The van der Waals surface area contributed by atoms with Crippen LogP contribution in [-0.2, 0) is 11.8 Å². The predicted molar refractivity (Wildman–Crippen MR) is 102 cm³/mol. The molecule has 0 aliphatic carbocycles. The van der Waals surface area contributed by atoms with Crippen molar-refractivity contribution in [1.82, 2.24) is 14.9 Å². The normalized spacial score (nSPS) is 11.9. The fourth-order valence-corrected chi connectivity index (χ4v) is 3.40. The largest absolute Gasteiger partial charge is 0.349 e. The number of thioether (sulfide) groups is 1. The van der Waals surface area contributed by atoms with Crippen molar-refractivity contribution < 1.29 is 4.79 Å². The number of nitrogens with one attached hydrogen (secondary N) is 1. The zero-order valence-corrected chi connectivity index (χ0v) is 15.2. The third-order valence-electron chi connectivity index (χ3n) is 4.02. The standard InChI is InChI=1S/C20H21N3OS/c1-15(16-9-5-3-6-10-16)22-19(24)14-25-20-21-13-18(23(20)2)17-11-7-4-8-12-17/h3-13,15H,14H2,1-2H3,(H,22,24). The van der Waals surface area contributed by atoms with E-state index in [1.165, 1.54) is 11.8 Å². The molecule has 128 valence electrons. The van der Waals surface area contributed by atoms with Crippen molar-refractivity contribution in [3.63, 3.8) is 0 Å². The van der Waals surface area contributed by atoms with E-state index in [-0.39, 0.29) is 11.9 Å². The number of hydrogen-bond acceptors (Lipinski definition) is 3. The van der Waals surface area contributed by atoms with E-state index in [9.17, 15) is 4.79 Å². The highest BCUT2D eigenvalue weighted by atomic mass is 32.2. The molecule has 0 saturated heterocycles. The molecule has 3 rings (SSSR count). The summed E-state index contributed by atoms with van der Waals surface area (Å²) in [5.74, 6) is 0.349. The highest BCUT2D eigenvalue weighted by Crippen LogP contribution is 2.24. The molecule has 0 fully saturated rings. The number of rotatable bonds is 6. The first kappa shape index (κ1) is 17.3. The number of carbonyl (C=O) groups is 1. The van der Waals surface area contributed by atoms with Crippen LogP contribution in [0.4, 0.5) is 0 Å². The third kappa shape index (κ3) is 4.31. The summed E-state index contributed by atoms with van der Waals surface area (Å²) in [7, 11) is 1.97.